The summed E-state index contributed by atoms with van der Waals surface area (Å²) in [5.74, 6) is 2.45. The van der Waals surface area contributed by atoms with Crippen LogP contribution in [0.5, 0.6) is 0 Å². The van der Waals surface area contributed by atoms with Gasteiger partial charge < -0.3 is 5.02 Å². The molecule has 0 spiro atoms. The summed E-state index contributed by atoms with van der Waals surface area (Å²) in [6, 6.07) is 0.00963. The Bertz CT molecular complexity index is 857. The van der Waals surface area contributed by atoms with E-state index in [9.17, 15) is 13.4 Å². The molecular formula is C18H23BN2O3S. The molecule has 2 aliphatic carbocycles. The zero-order valence-electron chi connectivity index (χ0n) is 14.4. The Balaban J connectivity index is 1.55. The number of nitrogens with zero attached hydrogens (tertiary/aromatic N) is 1. The lowest BCUT2D eigenvalue weighted by Gasteiger charge is -2.39. The number of rotatable bonds is 5. The zero-order chi connectivity index (χ0) is 17.6. The molecule has 0 saturated heterocycles. The fourth-order valence-corrected chi connectivity index (χ4v) is 5.55. The van der Waals surface area contributed by atoms with Crippen molar-refractivity contribution >= 4 is 28.6 Å². The van der Waals surface area contributed by atoms with Gasteiger partial charge in [-0.2, -0.15) is 0 Å². The molecule has 0 aromatic carbocycles. The summed E-state index contributed by atoms with van der Waals surface area (Å²) >= 11 is 0. The normalized spacial score (nSPS) is 24.6. The highest BCUT2D eigenvalue weighted by atomic mass is 32.2. The molecule has 1 aromatic rings. The first kappa shape index (κ1) is 17.0. The molecule has 5 nitrogen and oxygen atoms in total. The molecular weight excluding hydrogens is 335 g/mol. The van der Waals surface area contributed by atoms with E-state index in [1.54, 1.807) is 0 Å². The van der Waals surface area contributed by atoms with Crippen LogP contribution < -0.4 is 4.72 Å². The molecule has 1 aliphatic heterocycles. The molecule has 7 heteroatoms. The van der Waals surface area contributed by atoms with Gasteiger partial charge in [-0.1, -0.05) is 25.1 Å². The van der Waals surface area contributed by atoms with Crippen molar-refractivity contribution in [3.05, 3.63) is 40.6 Å². The Kier molecular flexibility index (Phi) is 4.34. The maximum Gasteiger partial charge on any atom is 0.321 e. The SMILES string of the molecule is CCCS(=O)(=O)NC1CC(C2=CB(O)Cc3cnc4c(c32)C=CC4)C1. The van der Waals surface area contributed by atoms with Gasteiger partial charge in [0.1, 0.15) is 0 Å². The molecule has 0 radical (unpaired) electrons. The molecule has 1 fully saturated rings. The van der Waals surface area contributed by atoms with E-state index in [-0.39, 0.29) is 11.8 Å². The first-order valence-electron chi connectivity index (χ1n) is 9.04. The fourth-order valence-electron chi connectivity index (χ4n) is 4.20. The van der Waals surface area contributed by atoms with Crippen LogP contribution in [0, 0.1) is 5.92 Å². The number of aromatic nitrogens is 1. The second-order valence-corrected chi connectivity index (χ2v) is 9.19. The van der Waals surface area contributed by atoms with Gasteiger partial charge in [-0.15, -0.1) is 0 Å². The van der Waals surface area contributed by atoms with E-state index in [0.29, 0.717) is 18.7 Å². The van der Waals surface area contributed by atoms with E-state index in [2.05, 4.69) is 21.9 Å². The lowest BCUT2D eigenvalue weighted by Crippen LogP contribution is -2.45. The van der Waals surface area contributed by atoms with Gasteiger partial charge in [0.2, 0.25) is 10.0 Å². The molecule has 3 aliphatic rings. The molecule has 0 amide bonds. The van der Waals surface area contributed by atoms with E-state index in [4.69, 9.17) is 0 Å². The van der Waals surface area contributed by atoms with Gasteiger partial charge in [0.25, 0.3) is 0 Å². The van der Waals surface area contributed by atoms with Crippen molar-refractivity contribution in [3.63, 3.8) is 0 Å². The van der Waals surface area contributed by atoms with E-state index < -0.39 is 16.9 Å². The predicted octanol–water partition coefficient (Wildman–Crippen LogP) is 1.76. The number of pyridine rings is 1. The van der Waals surface area contributed by atoms with Crippen molar-refractivity contribution in [3.8, 4) is 0 Å². The molecule has 2 heterocycles. The number of hydrogen-bond donors (Lipinski definition) is 2. The summed E-state index contributed by atoms with van der Waals surface area (Å²) in [5, 5.41) is 10.2. The summed E-state index contributed by atoms with van der Waals surface area (Å²) in [7, 11) is -3.17. The van der Waals surface area contributed by atoms with Crippen LogP contribution in [0.4, 0.5) is 0 Å². The number of hydrogen-bond acceptors (Lipinski definition) is 4. The van der Waals surface area contributed by atoms with Gasteiger partial charge >= 0.3 is 6.92 Å². The number of fused-ring (bicyclic) bond motifs is 3. The second-order valence-electron chi connectivity index (χ2n) is 7.32. The Morgan fingerprint density at radius 1 is 1.40 bits per heavy atom. The number of allylic oxidation sites excluding steroid dienone is 2. The molecule has 0 bridgehead atoms. The molecule has 132 valence electrons. The van der Waals surface area contributed by atoms with E-state index in [0.717, 1.165) is 30.5 Å². The van der Waals surface area contributed by atoms with Gasteiger partial charge in [0, 0.05) is 24.2 Å². The quantitative estimate of drug-likeness (QED) is 0.787. The van der Waals surface area contributed by atoms with E-state index in [1.165, 1.54) is 16.7 Å². The molecule has 1 saturated carbocycles. The Hall–Kier alpha value is -1.44. The van der Waals surface area contributed by atoms with Gasteiger partial charge in [-0.3, -0.25) is 4.98 Å². The van der Waals surface area contributed by atoms with Crippen LogP contribution in [0.2, 0.25) is 0 Å². The largest absolute Gasteiger partial charge is 0.446 e. The summed E-state index contributed by atoms with van der Waals surface area (Å²) in [4.78, 5) is 4.54. The summed E-state index contributed by atoms with van der Waals surface area (Å²) in [6.45, 7) is 1.39. The summed E-state index contributed by atoms with van der Waals surface area (Å²) in [6.07, 6.45) is 9.84. The Morgan fingerprint density at radius 2 is 2.20 bits per heavy atom. The minimum absolute atomic E-state index is 0.00963. The molecule has 0 unspecified atom stereocenters. The van der Waals surface area contributed by atoms with E-state index >= 15 is 0 Å². The van der Waals surface area contributed by atoms with Crippen LogP contribution >= 0.6 is 0 Å². The first-order valence-corrected chi connectivity index (χ1v) is 10.7. The standard InChI is InChI=1S/C18H23BN2O3S/c1-2-6-25(23,24)21-14-7-12(8-14)16-10-19(22)9-13-11-20-17-5-3-4-15(17)18(13)16/h3-4,10-12,14,21-22H,2,5-9H2,1H3. The van der Waals surface area contributed by atoms with Crippen LogP contribution in [0.25, 0.3) is 11.6 Å². The third-order valence-corrected chi connectivity index (χ3v) is 7.00. The first-order chi connectivity index (χ1) is 12.0. The molecule has 25 heavy (non-hydrogen) atoms. The summed E-state index contributed by atoms with van der Waals surface area (Å²) < 4.78 is 26.7. The Morgan fingerprint density at radius 3 is 2.96 bits per heavy atom. The van der Waals surface area contributed by atoms with Crippen LogP contribution in [0.3, 0.4) is 0 Å². The average molecular weight is 358 g/mol. The van der Waals surface area contributed by atoms with Crippen molar-refractivity contribution in [1.29, 1.82) is 0 Å². The average Bonchev–Trinajstić information content (AvgIpc) is 2.98. The summed E-state index contributed by atoms with van der Waals surface area (Å²) in [5.41, 5.74) is 5.78. The van der Waals surface area contributed by atoms with Crippen molar-refractivity contribution < 1.29 is 13.4 Å². The zero-order valence-corrected chi connectivity index (χ0v) is 15.2. The minimum atomic E-state index is -3.17. The van der Waals surface area contributed by atoms with Gasteiger partial charge in [0.05, 0.1) is 11.4 Å². The van der Waals surface area contributed by atoms with Crippen molar-refractivity contribution in [2.75, 3.05) is 5.75 Å². The highest BCUT2D eigenvalue weighted by Gasteiger charge is 2.38. The molecule has 4 rings (SSSR count). The van der Waals surface area contributed by atoms with Crippen molar-refractivity contribution in [1.82, 2.24) is 9.71 Å². The highest BCUT2D eigenvalue weighted by Crippen LogP contribution is 2.44. The molecule has 0 atom stereocenters. The lowest BCUT2D eigenvalue weighted by molar-refractivity contribution is 0.310. The predicted molar refractivity (Wildman–Crippen MR) is 100 cm³/mol. The van der Waals surface area contributed by atoms with Gasteiger partial charge in [-0.25, -0.2) is 13.1 Å². The highest BCUT2D eigenvalue weighted by molar-refractivity contribution is 7.89. The van der Waals surface area contributed by atoms with Gasteiger partial charge in [0.15, 0.2) is 0 Å². The van der Waals surface area contributed by atoms with Crippen molar-refractivity contribution in [2.45, 2.75) is 45.0 Å². The topological polar surface area (TPSA) is 79.3 Å². The number of sulfonamides is 1. The van der Waals surface area contributed by atoms with Crippen LogP contribution in [0.15, 0.2) is 18.2 Å². The van der Waals surface area contributed by atoms with E-state index in [1.807, 2.05) is 19.1 Å². The fraction of sp³-hybridized carbons (Fsp3) is 0.500. The lowest BCUT2D eigenvalue weighted by atomic mass is 9.54. The molecule has 1 aromatic heterocycles. The third kappa shape index (κ3) is 3.21. The van der Waals surface area contributed by atoms with Crippen LogP contribution in [-0.4, -0.2) is 37.1 Å². The minimum Gasteiger partial charge on any atom is -0.446 e. The second kappa shape index (κ2) is 6.38. The monoisotopic (exact) mass is 358 g/mol. The van der Waals surface area contributed by atoms with Crippen molar-refractivity contribution in [2.24, 2.45) is 5.92 Å². The van der Waals surface area contributed by atoms with Gasteiger partial charge in [-0.05, 0) is 48.2 Å². The third-order valence-electron chi connectivity index (χ3n) is 5.36. The molecule has 2 N–H and O–H groups in total. The Labute approximate surface area is 149 Å². The number of nitrogens with one attached hydrogen (secondary N) is 1. The maximum atomic E-state index is 11.9. The van der Waals surface area contributed by atoms with Crippen LogP contribution in [0.1, 0.15) is 48.6 Å². The maximum absolute atomic E-state index is 11.9. The van der Waals surface area contributed by atoms with Crippen LogP contribution in [-0.2, 0) is 22.8 Å². The smallest absolute Gasteiger partial charge is 0.321 e.